The lowest BCUT2D eigenvalue weighted by molar-refractivity contribution is -0.159. The van der Waals surface area contributed by atoms with Crippen LogP contribution in [0.25, 0.3) is 0 Å². The predicted molar refractivity (Wildman–Crippen MR) is 22.7 cm³/mol. The van der Waals surface area contributed by atoms with Crippen LogP contribution >= 0.6 is 0 Å². The Morgan fingerprint density at radius 1 is 1.40 bits per heavy atom. The zero-order chi connectivity index (χ0) is 7.78. The molecule has 2 radical (unpaired) electrons. The largest absolute Gasteiger partial charge is 0.471 e. The number of rotatable bonds is 0. The van der Waals surface area contributed by atoms with Crippen molar-refractivity contribution in [3.05, 3.63) is 18.6 Å². The van der Waals surface area contributed by atoms with Crippen molar-refractivity contribution in [3.8, 4) is 0 Å². The Bertz CT molecular complexity index is 229. The number of nitrogens with zero attached hydrogens (tertiary/aromatic N) is 2. The van der Waals surface area contributed by atoms with Gasteiger partial charge in [0.1, 0.15) is 0 Å². The molecule has 0 spiro atoms. The minimum atomic E-state index is -4.61. The maximum Gasteiger partial charge on any atom is 0.471 e. The highest BCUT2D eigenvalue weighted by Gasteiger charge is 2.37. The molecule has 0 aliphatic heterocycles. The van der Waals surface area contributed by atoms with E-state index in [9.17, 15) is 13.2 Å². The van der Waals surface area contributed by atoms with Gasteiger partial charge in [-0.3, -0.25) is 0 Å². The SMILES string of the molecule is [CH]c1noc(C(F)(F)F)n1. The van der Waals surface area contributed by atoms with Gasteiger partial charge in [0.05, 0.1) is 0 Å². The molecule has 0 bridgehead atoms. The standard InChI is InChI=1S/C4HF3N2O/c1-2-8-3(10-9-2)4(5,6)7/h1H. The van der Waals surface area contributed by atoms with Crippen molar-refractivity contribution in [1.82, 2.24) is 10.1 Å². The Morgan fingerprint density at radius 2 is 2.00 bits per heavy atom. The van der Waals surface area contributed by atoms with Gasteiger partial charge in [-0.05, 0) is 0 Å². The molecule has 6 heteroatoms. The molecule has 0 fully saturated rings. The molecule has 0 N–H and O–H groups in total. The third-order valence-corrected chi connectivity index (χ3v) is 0.684. The van der Waals surface area contributed by atoms with Crippen LogP contribution < -0.4 is 0 Å². The molecule has 1 heterocycles. The molecule has 0 amide bonds. The molecule has 0 aliphatic rings. The van der Waals surface area contributed by atoms with E-state index in [4.69, 9.17) is 6.92 Å². The van der Waals surface area contributed by atoms with Crippen molar-refractivity contribution in [2.24, 2.45) is 0 Å². The fraction of sp³-hybridized carbons (Fsp3) is 0.250. The van der Waals surface area contributed by atoms with E-state index >= 15 is 0 Å². The van der Waals surface area contributed by atoms with E-state index in [1.165, 1.54) is 0 Å². The van der Waals surface area contributed by atoms with Gasteiger partial charge in [0.15, 0.2) is 5.82 Å². The van der Waals surface area contributed by atoms with Crippen molar-refractivity contribution in [3.63, 3.8) is 0 Å². The van der Waals surface area contributed by atoms with E-state index in [0.29, 0.717) is 0 Å². The van der Waals surface area contributed by atoms with Crippen LogP contribution in [-0.2, 0) is 6.18 Å². The van der Waals surface area contributed by atoms with Crippen molar-refractivity contribution in [1.29, 1.82) is 0 Å². The first-order valence-corrected chi connectivity index (χ1v) is 2.16. The molecule has 3 nitrogen and oxygen atoms in total. The predicted octanol–water partition coefficient (Wildman–Crippen LogP) is 1.15. The Labute approximate surface area is 53.8 Å². The molecule has 54 valence electrons. The van der Waals surface area contributed by atoms with Crippen LogP contribution in [-0.4, -0.2) is 10.1 Å². The van der Waals surface area contributed by atoms with Gasteiger partial charge in [0.2, 0.25) is 0 Å². The van der Waals surface area contributed by atoms with Gasteiger partial charge >= 0.3 is 12.1 Å². The molecule has 0 saturated carbocycles. The van der Waals surface area contributed by atoms with Crippen LogP contribution in [0.5, 0.6) is 0 Å². The Morgan fingerprint density at radius 3 is 2.20 bits per heavy atom. The molecule has 0 saturated heterocycles. The smallest absolute Gasteiger partial charge is 0.329 e. The van der Waals surface area contributed by atoms with Crippen molar-refractivity contribution >= 4 is 0 Å². The quantitative estimate of drug-likeness (QED) is 0.556. The first kappa shape index (κ1) is 7.04. The zero-order valence-corrected chi connectivity index (χ0v) is 4.51. The topological polar surface area (TPSA) is 38.9 Å². The van der Waals surface area contributed by atoms with E-state index in [0.717, 1.165) is 0 Å². The van der Waals surface area contributed by atoms with Gasteiger partial charge < -0.3 is 4.52 Å². The van der Waals surface area contributed by atoms with Gasteiger partial charge in [-0.15, -0.1) is 0 Å². The molecule has 0 aliphatic carbocycles. The summed E-state index contributed by atoms with van der Waals surface area (Å²) in [4.78, 5) is 2.76. The molecule has 0 atom stereocenters. The van der Waals surface area contributed by atoms with Gasteiger partial charge in [-0.25, -0.2) is 0 Å². The number of alkyl halides is 3. The number of aromatic nitrogens is 2. The lowest BCUT2D eigenvalue weighted by Crippen LogP contribution is -2.04. The van der Waals surface area contributed by atoms with Gasteiger partial charge in [-0.2, -0.15) is 18.2 Å². The minimum absolute atomic E-state index is 0.521. The summed E-state index contributed by atoms with van der Waals surface area (Å²) in [5.41, 5.74) is 0. The highest BCUT2D eigenvalue weighted by molar-refractivity contribution is 4.91. The lowest BCUT2D eigenvalue weighted by atomic mass is 10.6. The van der Waals surface area contributed by atoms with Crippen LogP contribution in [0.2, 0.25) is 0 Å². The summed E-state index contributed by atoms with van der Waals surface area (Å²) in [7, 11) is 0. The summed E-state index contributed by atoms with van der Waals surface area (Å²) in [6.45, 7) is 4.76. The van der Waals surface area contributed by atoms with E-state index in [1.54, 1.807) is 0 Å². The normalized spacial score (nSPS) is 12.0. The number of hydrogen-bond acceptors (Lipinski definition) is 3. The fourth-order valence-corrected chi connectivity index (χ4v) is 0.350. The maximum atomic E-state index is 11.5. The monoisotopic (exact) mass is 150 g/mol. The number of halogens is 3. The molecule has 1 aromatic rings. The maximum absolute atomic E-state index is 11.5. The van der Waals surface area contributed by atoms with Crippen LogP contribution in [0.3, 0.4) is 0 Å². The molecule has 1 rings (SSSR count). The van der Waals surface area contributed by atoms with E-state index in [2.05, 4.69) is 14.7 Å². The summed E-state index contributed by atoms with van der Waals surface area (Å²) < 4.78 is 38.4. The summed E-state index contributed by atoms with van der Waals surface area (Å²) in [5, 5.41) is 2.75. The second-order valence-electron chi connectivity index (χ2n) is 1.46. The molecule has 10 heavy (non-hydrogen) atoms. The first-order valence-electron chi connectivity index (χ1n) is 2.16. The minimum Gasteiger partial charge on any atom is -0.329 e. The molecule has 0 aromatic carbocycles. The van der Waals surface area contributed by atoms with Gasteiger partial charge in [0.25, 0.3) is 0 Å². The van der Waals surface area contributed by atoms with E-state index < -0.39 is 17.9 Å². The molecule has 0 unspecified atom stereocenters. The highest BCUT2D eigenvalue weighted by Crippen LogP contribution is 2.26. The lowest BCUT2D eigenvalue weighted by Gasteiger charge is -1.95. The highest BCUT2D eigenvalue weighted by atomic mass is 19.4. The third-order valence-electron chi connectivity index (χ3n) is 0.684. The fourth-order valence-electron chi connectivity index (χ4n) is 0.350. The van der Waals surface area contributed by atoms with E-state index in [1.807, 2.05) is 0 Å². The Hall–Kier alpha value is -1.07. The van der Waals surface area contributed by atoms with Crippen LogP contribution in [0.4, 0.5) is 13.2 Å². The summed E-state index contributed by atoms with van der Waals surface area (Å²) in [5.74, 6) is -1.95. The third kappa shape index (κ3) is 1.26. The Kier molecular flexibility index (Phi) is 1.38. The number of hydrogen-bond donors (Lipinski definition) is 0. The molecular weight excluding hydrogens is 149 g/mol. The van der Waals surface area contributed by atoms with Crippen LogP contribution in [0.15, 0.2) is 4.52 Å². The first-order chi connectivity index (χ1) is 4.50. The van der Waals surface area contributed by atoms with Crippen LogP contribution in [0.1, 0.15) is 11.7 Å². The Balaban J connectivity index is 2.96. The van der Waals surface area contributed by atoms with Crippen LogP contribution in [0, 0.1) is 6.92 Å². The summed E-state index contributed by atoms with van der Waals surface area (Å²) in [6.07, 6.45) is -4.61. The van der Waals surface area contributed by atoms with E-state index in [-0.39, 0.29) is 0 Å². The zero-order valence-electron chi connectivity index (χ0n) is 4.51. The van der Waals surface area contributed by atoms with Crippen molar-refractivity contribution in [2.45, 2.75) is 6.18 Å². The summed E-state index contributed by atoms with van der Waals surface area (Å²) in [6, 6.07) is 0. The second-order valence-corrected chi connectivity index (χ2v) is 1.46. The van der Waals surface area contributed by atoms with Gasteiger partial charge in [0, 0.05) is 6.92 Å². The molecular formula is C4HF3N2O. The van der Waals surface area contributed by atoms with Crippen molar-refractivity contribution < 1.29 is 17.7 Å². The molecule has 1 aromatic heterocycles. The second kappa shape index (κ2) is 1.96. The average molecular weight is 150 g/mol. The average Bonchev–Trinajstić information content (AvgIpc) is 2.11. The summed E-state index contributed by atoms with van der Waals surface area (Å²) >= 11 is 0. The van der Waals surface area contributed by atoms with Crippen molar-refractivity contribution in [2.75, 3.05) is 0 Å². The van der Waals surface area contributed by atoms with Gasteiger partial charge in [-0.1, -0.05) is 5.16 Å².